The molecule has 3 aromatic rings. The number of para-hydroxylation sites is 1. The van der Waals surface area contributed by atoms with Crippen LogP contribution in [0.2, 0.25) is 0 Å². The minimum Gasteiger partial charge on any atom is -0.349 e. The van der Waals surface area contributed by atoms with Crippen LogP contribution < -0.4 is 10.6 Å². The van der Waals surface area contributed by atoms with Crippen molar-refractivity contribution in [3.63, 3.8) is 0 Å². The molecule has 0 spiro atoms. The number of aromatic nitrogens is 1. The second-order valence-corrected chi connectivity index (χ2v) is 7.97. The first-order chi connectivity index (χ1) is 13.6. The Labute approximate surface area is 171 Å². The number of carbonyl (C=O) groups excluding carboxylic acids is 1. The molecule has 0 saturated heterocycles. The molecule has 2 N–H and O–H groups in total. The number of nitrogens with zero attached hydrogens (tertiary/aromatic N) is 1. The van der Waals surface area contributed by atoms with Crippen molar-refractivity contribution in [2.24, 2.45) is 0 Å². The molecule has 0 unspecified atom stereocenters. The third kappa shape index (κ3) is 5.20. The number of aryl methyl sites for hydroxylation is 3. The number of rotatable bonds is 8. The molecule has 1 heterocycles. The van der Waals surface area contributed by atoms with Crippen molar-refractivity contribution in [1.82, 2.24) is 10.3 Å². The average Bonchev–Trinajstić information content (AvgIpc) is 3.08. The van der Waals surface area contributed by atoms with Gasteiger partial charge in [0.2, 0.25) is 0 Å². The molecule has 1 aromatic heterocycles. The SMILES string of the molecule is CCc1ccccc1Nc1nc(C)c(C(=O)N[C@H](C)CCc2ccccc2)s1. The zero-order valence-corrected chi connectivity index (χ0v) is 17.5. The number of thiazole rings is 1. The fraction of sp³-hybridized carbons (Fsp3) is 0.304. The van der Waals surface area contributed by atoms with Gasteiger partial charge in [0.25, 0.3) is 5.91 Å². The van der Waals surface area contributed by atoms with Gasteiger partial charge in [-0.2, -0.15) is 0 Å². The number of hydrogen-bond acceptors (Lipinski definition) is 4. The summed E-state index contributed by atoms with van der Waals surface area (Å²) in [6, 6.07) is 18.6. The molecular weight excluding hydrogens is 366 g/mol. The average molecular weight is 394 g/mol. The highest BCUT2D eigenvalue weighted by Gasteiger charge is 2.17. The highest BCUT2D eigenvalue weighted by atomic mass is 32.1. The summed E-state index contributed by atoms with van der Waals surface area (Å²) in [5.41, 5.74) is 4.32. The molecule has 28 heavy (non-hydrogen) atoms. The van der Waals surface area contributed by atoms with Crippen LogP contribution in [0.5, 0.6) is 0 Å². The zero-order valence-electron chi connectivity index (χ0n) is 16.7. The van der Waals surface area contributed by atoms with Crippen LogP contribution in [0.3, 0.4) is 0 Å². The van der Waals surface area contributed by atoms with Crippen molar-refractivity contribution in [2.75, 3.05) is 5.32 Å². The smallest absolute Gasteiger partial charge is 0.263 e. The quantitative estimate of drug-likeness (QED) is 0.531. The van der Waals surface area contributed by atoms with E-state index in [-0.39, 0.29) is 11.9 Å². The second kappa shape index (κ2) is 9.51. The highest BCUT2D eigenvalue weighted by molar-refractivity contribution is 7.17. The Kier molecular flexibility index (Phi) is 6.82. The number of benzene rings is 2. The maximum atomic E-state index is 12.7. The monoisotopic (exact) mass is 393 g/mol. The van der Waals surface area contributed by atoms with Crippen molar-refractivity contribution in [3.8, 4) is 0 Å². The fourth-order valence-electron chi connectivity index (χ4n) is 3.12. The standard InChI is InChI=1S/C23H27N3OS/c1-4-19-12-8-9-13-20(19)26-23-25-17(3)21(28-23)22(27)24-16(2)14-15-18-10-6-5-7-11-18/h5-13,16H,4,14-15H2,1-3H3,(H,24,27)(H,25,26)/t16-/m1/s1. The van der Waals surface area contributed by atoms with Crippen LogP contribution in [0, 0.1) is 6.92 Å². The summed E-state index contributed by atoms with van der Waals surface area (Å²) in [6.45, 7) is 6.06. The topological polar surface area (TPSA) is 54.0 Å². The third-order valence-corrected chi connectivity index (χ3v) is 5.80. The molecule has 2 aromatic carbocycles. The Morgan fingerprint density at radius 2 is 1.82 bits per heavy atom. The van der Waals surface area contributed by atoms with Crippen molar-refractivity contribution in [1.29, 1.82) is 0 Å². The maximum absolute atomic E-state index is 12.7. The molecule has 1 amide bonds. The lowest BCUT2D eigenvalue weighted by Gasteiger charge is -2.13. The van der Waals surface area contributed by atoms with Crippen molar-refractivity contribution in [3.05, 3.63) is 76.3 Å². The number of nitrogens with one attached hydrogen (secondary N) is 2. The molecule has 0 saturated carbocycles. The molecule has 0 aliphatic heterocycles. The lowest BCUT2D eigenvalue weighted by molar-refractivity contribution is 0.0941. The van der Waals surface area contributed by atoms with E-state index in [9.17, 15) is 4.79 Å². The number of carbonyl (C=O) groups is 1. The summed E-state index contributed by atoms with van der Waals surface area (Å²) >= 11 is 1.40. The largest absolute Gasteiger partial charge is 0.349 e. The van der Waals surface area contributed by atoms with Crippen molar-refractivity contribution in [2.45, 2.75) is 46.1 Å². The van der Waals surface area contributed by atoms with Crippen LogP contribution in [0.25, 0.3) is 0 Å². The Bertz CT molecular complexity index is 921. The molecule has 3 rings (SSSR count). The van der Waals surface area contributed by atoms with Crippen molar-refractivity contribution < 1.29 is 4.79 Å². The minimum absolute atomic E-state index is 0.0487. The molecule has 146 valence electrons. The predicted molar refractivity (Wildman–Crippen MR) is 118 cm³/mol. The first-order valence-electron chi connectivity index (χ1n) is 9.74. The van der Waals surface area contributed by atoms with Gasteiger partial charge in [0.1, 0.15) is 4.88 Å². The first-order valence-corrected chi connectivity index (χ1v) is 10.6. The van der Waals surface area contributed by atoms with E-state index < -0.39 is 0 Å². The Morgan fingerprint density at radius 1 is 1.11 bits per heavy atom. The van der Waals surface area contributed by atoms with Gasteiger partial charge in [-0.15, -0.1) is 0 Å². The van der Waals surface area contributed by atoms with Crippen LogP contribution in [0.1, 0.15) is 46.8 Å². The van der Waals surface area contributed by atoms with Gasteiger partial charge in [-0.25, -0.2) is 4.98 Å². The van der Waals surface area contributed by atoms with Crippen LogP contribution in [-0.2, 0) is 12.8 Å². The minimum atomic E-state index is -0.0487. The van der Waals surface area contributed by atoms with E-state index in [2.05, 4.69) is 40.7 Å². The molecule has 0 bridgehead atoms. The van der Waals surface area contributed by atoms with E-state index >= 15 is 0 Å². The molecular formula is C23H27N3OS. The first kappa shape index (κ1) is 20.1. The predicted octanol–water partition coefficient (Wildman–Crippen LogP) is 5.51. The Balaban J connectivity index is 1.61. The summed E-state index contributed by atoms with van der Waals surface area (Å²) in [5, 5.41) is 7.23. The van der Waals surface area contributed by atoms with Crippen LogP contribution in [-0.4, -0.2) is 16.9 Å². The molecule has 5 heteroatoms. The summed E-state index contributed by atoms with van der Waals surface area (Å²) in [6.07, 6.45) is 2.80. The number of hydrogen-bond donors (Lipinski definition) is 2. The van der Waals surface area contributed by atoms with Gasteiger partial charge >= 0.3 is 0 Å². The fourth-order valence-corrected chi connectivity index (χ4v) is 4.00. The maximum Gasteiger partial charge on any atom is 0.263 e. The van der Waals surface area contributed by atoms with Crippen LogP contribution in [0.15, 0.2) is 54.6 Å². The second-order valence-electron chi connectivity index (χ2n) is 6.97. The van der Waals surface area contributed by atoms with Crippen LogP contribution >= 0.6 is 11.3 Å². The van der Waals surface area contributed by atoms with Gasteiger partial charge in [-0.05, 0) is 50.3 Å². The van der Waals surface area contributed by atoms with Gasteiger partial charge in [-0.1, -0.05) is 66.8 Å². The Morgan fingerprint density at radius 3 is 2.57 bits per heavy atom. The lowest BCUT2D eigenvalue weighted by Crippen LogP contribution is -2.32. The molecule has 0 fully saturated rings. The lowest BCUT2D eigenvalue weighted by atomic mass is 10.1. The summed E-state index contributed by atoms with van der Waals surface area (Å²) in [5.74, 6) is -0.0487. The van der Waals surface area contributed by atoms with E-state index in [1.54, 1.807) is 0 Å². The summed E-state index contributed by atoms with van der Waals surface area (Å²) < 4.78 is 0. The number of anilines is 2. The molecule has 0 aliphatic carbocycles. The normalized spacial score (nSPS) is 11.8. The van der Waals surface area contributed by atoms with E-state index in [0.717, 1.165) is 35.8 Å². The zero-order chi connectivity index (χ0) is 19.9. The van der Waals surface area contributed by atoms with Gasteiger partial charge in [0.15, 0.2) is 5.13 Å². The molecule has 4 nitrogen and oxygen atoms in total. The third-order valence-electron chi connectivity index (χ3n) is 4.73. The molecule has 0 radical (unpaired) electrons. The van der Waals surface area contributed by atoms with E-state index in [1.807, 2.05) is 50.2 Å². The summed E-state index contributed by atoms with van der Waals surface area (Å²) in [4.78, 5) is 17.9. The van der Waals surface area contributed by atoms with Crippen molar-refractivity contribution >= 4 is 28.1 Å². The highest BCUT2D eigenvalue weighted by Crippen LogP contribution is 2.27. The molecule has 1 atom stereocenters. The van der Waals surface area contributed by atoms with E-state index in [0.29, 0.717) is 4.88 Å². The van der Waals surface area contributed by atoms with Gasteiger partial charge in [0, 0.05) is 11.7 Å². The van der Waals surface area contributed by atoms with Gasteiger partial charge < -0.3 is 10.6 Å². The summed E-state index contributed by atoms with van der Waals surface area (Å²) in [7, 11) is 0. The Hall–Kier alpha value is -2.66. The van der Waals surface area contributed by atoms with E-state index in [4.69, 9.17) is 0 Å². The van der Waals surface area contributed by atoms with Gasteiger partial charge in [0.05, 0.1) is 5.69 Å². The number of amides is 1. The van der Waals surface area contributed by atoms with Gasteiger partial charge in [-0.3, -0.25) is 4.79 Å². The van der Waals surface area contributed by atoms with Crippen LogP contribution in [0.4, 0.5) is 10.8 Å². The molecule has 0 aliphatic rings. The van der Waals surface area contributed by atoms with E-state index in [1.165, 1.54) is 22.5 Å².